The smallest absolute Gasteiger partial charge is 0.340 e. The van der Waals surface area contributed by atoms with Crippen LogP contribution in [0, 0.1) is 5.92 Å². The molecule has 1 saturated heterocycles. The third-order valence-corrected chi connectivity index (χ3v) is 3.87. The number of rotatable bonds is 5. The Balaban J connectivity index is 3.05. The van der Waals surface area contributed by atoms with E-state index < -0.39 is 37.2 Å². The van der Waals surface area contributed by atoms with Gasteiger partial charge in [0.15, 0.2) is 5.66 Å². The average molecular weight is 268 g/mol. The van der Waals surface area contributed by atoms with E-state index in [0.29, 0.717) is 6.42 Å². The Labute approximate surface area is 96.4 Å². The molecule has 98 valence electrons. The molecule has 0 spiro atoms. The molecule has 9 heteroatoms. The number of ether oxygens (including phenoxy) is 1. The number of carboxylic acids is 2. The quantitative estimate of drug-likeness (QED) is 0.489. The molecule has 4 N–H and O–H groups in total. The summed E-state index contributed by atoms with van der Waals surface area (Å²) in [6.07, 6.45) is -0.149. The molecule has 0 saturated carbocycles. The van der Waals surface area contributed by atoms with Crippen LogP contribution >= 0.6 is 7.60 Å². The van der Waals surface area contributed by atoms with E-state index in [1.807, 2.05) is 0 Å². The molecular weight excluding hydrogens is 255 g/mol. The van der Waals surface area contributed by atoms with Crippen LogP contribution in [0.4, 0.5) is 0 Å². The first-order valence-electron chi connectivity index (χ1n) is 4.87. The van der Waals surface area contributed by atoms with Crippen molar-refractivity contribution in [2.24, 2.45) is 5.92 Å². The molecule has 0 radical (unpaired) electrons. The Kier molecular flexibility index (Phi) is 4.26. The molecule has 0 amide bonds. The standard InChI is InChI=1S/C8H13O8P/c9-7(10)5(4-2-1-3-16-4)6(8(11)12)17(13,14)15/h4-6H,1-3H2,(H,9,10)(H,11,12)(H2,13,14,15). The lowest BCUT2D eigenvalue weighted by molar-refractivity contribution is -0.152. The van der Waals surface area contributed by atoms with Crippen molar-refractivity contribution in [2.75, 3.05) is 6.61 Å². The fourth-order valence-corrected chi connectivity index (χ4v) is 2.92. The normalized spacial score (nSPS) is 24.2. The van der Waals surface area contributed by atoms with Gasteiger partial charge in [0.05, 0.1) is 6.10 Å². The van der Waals surface area contributed by atoms with Crippen LogP contribution in [0.25, 0.3) is 0 Å². The second kappa shape index (κ2) is 5.14. The molecule has 3 unspecified atom stereocenters. The van der Waals surface area contributed by atoms with E-state index in [9.17, 15) is 14.2 Å². The summed E-state index contributed by atoms with van der Waals surface area (Å²) < 4.78 is 16.1. The molecule has 1 aliphatic heterocycles. The first kappa shape index (κ1) is 14.1. The highest BCUT2D eigenvalue weighted by atomic mass is 31.2. The van der Waals surface area contributed by atoms with Gasteiger partial charge in [-0.25, -0.2) is 0 Å². The van der Waals surface area contributed by atoms with Gasteiger partial charge in [-0.2, -0.15) is 0 Å². The van der Waals surface area contributed by atoms with Crippen molar-refractivity contribution in [1.29, 1.82) is 0 Å². The van der Waals surface area contributed by atoms with Crippen molar-refractivity contribution >= 4 is 19.5 Å². The SMILES string of the molecule is O=C(O)C(C1CCCO1)C(C(=O)O)P(=O)(O)O. The van der Waals surface area contributed by atoms with Crippen LogP contribution in [-0.4, -0.2) is 50.3 Å². The molecule has 1 aliphatic rings. The summed E-state index contributed by atoms with van der Waals surface area (Å²) in [6, 6.07) is 0. The molecule has 1 heterocycles. The van der Waals surface area contributed by atoms with Crippen LogP contribution < -0.4 is 0 Å². The van der Waals surface area contributed by atoms with Gasteiger partial charge in [-0.15, -0.1) is 0 Å². The van der Waals surface area contributed by atoms with Crippen LogP contribution in [-0.2, 0) is 18.9 Å². The zero-order valence-electron chi connectivity index (χ0n) is 8.72. The van der Waals surface area contributed by atoms with Gasteiger partial charge in [0.1, 0.15) is 5.92 Å². The second-order valence-corrected chi connectivity index (χ2v) is 5.52. The largest absolute Gasteiger partial charge is 0.481 e. The van der Waals surface area contributed by atoms with E-state index >= 15 is 0 Å². The Bertz CT molecular complexity index is 355. The van der Waals surface area contributed by atoms with Gasteiger partial charge in [-0.3, -0.25) is 14.2 Å². The predicted octanol–water partition coefficient (Wildman–Crippen LogP) is -0.503. The molecule has 8 nitrogen and oxygen atoms in total. The number of hydrogen-bond donors (Lipinski definition) is 4. The van der Waals surface area contributed by atoms with Gasteiger partial charge in [-0.1, -0.05) is 0 Å². The molecule has 1 rings (SSSR count). The van der Waals surface area contributed by atoms with E-state index in [2.05, 4.69) is 0 Å². The van der Waals surface area contributed by atoms with E-state index in [4.69, 9.17) is 24.7 Å². The lowest BCUT2D eigenvalue weighted by Gasteiger charge is -2.25. The first-order valence-corrected chi connectivity index (χ1v) is 6.55. The number of hydrogen-bond acceptors (Lipinski definition) is 4. The van der Waals surface area contributed by atoms with Crippen molar-refractivity contribution in [2.45, 2.75) is 24.6 Å². The Morgan fingerprint density at radius 3 is 2.12 bits per heavy atom. The predicted molar refractivity (Wildman–Crippen MR) is 53.6 cm³/mol. The number of aliphatic carboxylic acids is 2. The van der Waals surface area contributed by atoms with Crippen LogP contribution in [0.1, 0.15) is 12.8 Å². The van der Waals surface area contributed by atoms with Gasteiger partial charge in [0.2, 0.25) is 0 Å². The fraction of sp³-hybridized carbons (Fsp3) is 0.750. The van der Waals surface area contributed by atoms with Crippen molar-refractivity contribution < 1.29 is 38.9 Å². The van der Waals surface area contributed by atoms with E-state index in [1.165, 1.54) is 0 Å². The summed E-state index contributed by atoms with van der Waals surface area (Å²) in [7, 11) is -5.05. The molecule has 0 aromatic carbocycles. The first-order chi connectivity index (χ1) is 7.75. The second-order valence-electron chi connectivity index (χ2n) is 3.79. The zero-order valence-corrected chi connectivity index (χ0v) is 9.62. The van der Waals surface area contributed by atoms with Crippen LogP contribution in [0.3, 0.4) is 0 Å². The van der Waals surface area contributed by atoms with Gasteiger partial charge < -0.3 is 24.7 Å². The van der Waals surface area contributed by atoms with Crippen LogP contribution in [0.15, 0.2) is 0 Å². The average Bonchev–Trinajstić information content (AvgIpc) is 2.62. The Morgan fingerprint density at radius 2 is 1.82 bits per heavy atom. The van der Waals surface area contributed by atoms with Gasteiger partial charge in [0, 0.05) is 6.61 Å². The number of carboxylic acid groups (broad SMARTS) is 2. The van der Waals surface area contributed by atoms with E-state index in [1.54, 1.807) is 0 Å². The van der Waals surface area contributed by atoms with Gasteiger partial charge in [0.25, 0.3) is 0 Å². The summed E-state index contributed by atoms with van der Waals surface area (Å²) in [5.74, 6) is -5.15. The van der Waals surface area contributed by atoms with Gasteiger partial charge >= 0.3 is 19.5 Å². The van der Waals surface area contributed by atoms with E-state index in [0.717, 1.165) is 0 Å². The molecule has 0 aromatic heterocycles. The highest BCUT2D eigenvalue weighted by Crippen LogP contribution is 2.47. The van der Waals surface area contributed by atoms with Crippen LogP contribution in [0.2, 0.25) is 0 Å². The molecule has 3 atom stereocenters. The summed E-state index contributed by atoms with van der Waals surface area (Å²) in [4.78, 5) is 39.7. The molecule has 0 bridgehead atoms. The molecule has 0 aromatic rings. The minimum absolute atomic E-state index is 0.266. The summed E-state index contributed by atoms with van der Waals surface area (Å²) in [5, 5.41) is 17.7. The highest BCUT2D eigenvalue weighted by Gasteiger charge is 2.50. The summed E-state index contributed by atoms with van der Waals surface area (Å²) in [6.45, 7) is 0.266. The maximum absolute atomic E-state index is 11.1. The molecule has 17 heavy (non-hydrogen) atoms. The van der Waals surface area contributed by atoms with Crippen molar-refractivity contribution in [1.82, 2.24) is 0 Å². The maximum atomic E-state index is 11.1. The number of carbonyl (C=O) groups is 2. The topological polar surface area (TPSA) is 141 Å². The lowest BCUT2D eigenvalue weighted by Crippen LogP contribution is -2.42. The summed E-state index contributed by atoms with van der Waals surface area (Å²) >= 11 is 0. The molecule has 0 aliphatic carbocycles. The van der Waals surface area contributed by atoms with Crippen molar-refractivity contribution in [3.8, 4) is 0 Å². The minimum atomic E-state index is -5.05. The minimum Gasteiger partial charge on any atom is -0.481 e. The molecular formula is C8H13O8P. The Hall–Kier alpha value is -0.950. The molecule has 1 fully saturated rings. The lowest BCUT2D eigenvalue weighted by atomic mass is 9.96. The third-order valence-electron chi connectivity index (χ3n) is 2.61. The monoisotopic (exact) mass is 268 g/mol. The fourth-order valence-electron chi connectivity index (χ4n) is 1.89. The summed E-state index contributed by atoms with van der Waals surface area (Å²) in [5.41, 5.74) is -2.27. The highest BCUT2D eigenvalue weighted by molar-refractivity contribution is 7.53. The van der Waals surface area contributed by atoms with Crippen molar-refractivity contribution in [3.63, 3.8) is 0 Å². The zero-order chi connectivity index (χ0) is 13.2. The van der Waals surface area contributed by atoms with Gasteiger partial charge in [-0.05, 0) is 12.8 Å². The maximum Gasteiger partial charge on any atom is 0.340 e. The third kappa shape index (κ3) is 3.26. The van der Waals surface area contributed by atoms with E-state index in [-0.39, 0.29) is 13.0 Å². The Morgan fingerprint density at radius 1 is 1.24 bits per heavy atom. The van der Waals surface area contributed by atoms with Crippen LogP contribution in [0.5, 0.6) is 0 Å². The van der Waals surface area contributed by atoms with Crippen molar-refractivity contribution in [3.05, 3.63) is 0 Å².